The van der Waals surface area contributed by atoms with Crippen LogP contribution in [-0.2, 0) is 11.2 Å². The number of halogens is 1. The predicted molar refractivity (Wildman–Crippen MR) is 90.1 cm³/mol. The summed E-state index contributed by atoms with van der Waals surface area (Å²) in [7, 11) is 0. The molecule has 21 heavy (non-hydrogen) atoms. The lowest BCUT2D eigenvalue weighted by molar-refractivity contribution is -0.116. The molecule has 0 aromatic heterocycles. The van der Waals surface area contributed by atoms with Crippen molar-refractivity contribution in [2.45, 2.75) is 31.5 Å². The van der Waals surface area contributed by atoms with Crippen LogP contribution in [-0.4, -0.2) is 5.91 Å². The van der Waals surface area contributed by atoms with Crippen molar-refractivity contribution in [2.24, 2.45) is 0 Å². The maximum atomic E-state index is 11.4. The van der Waals surface area contributed by atoms with Crippen molar-refractivity contribution >= 4 is 27.5 Å². The van der Waals surface area contributed by atoms with Gasteiger partial charge in [0.25, 0.3) is 0 Å². The first-order valence-corrected chi connectivity index (χ1v) is 8.10. The molecule has 0 saturated heterocycles. The van der Waals surface area contributed by atoms with Crippen LogP contribution in [0.3, 0.4) is 0 Å². The Bertz CT molecular complexity index is 708. The molecule has 0 aliphatic carbocycles. The number of hydrogen-bond donors (Lipinski definition) is 1. The van der Waals surface area contributed by atoms with Gasteiger partial charge in [0.15, 0.2) is 0 Å². The smallest absolute Gasteiger partial charge is 0.224 e. The van der Waals surface area contributed by atoms with Crippen LogP contribution in [0.2, 0.25) is 0 Å². The van der Waals surface area contributed by atoms with Gasteiger partial charge < -0.3 is 5.32 Å². The Kier molecular flexibility index (Phi) is 3.85. The number of amides is 1. The van der Waals surface area contributed by atoms with Crippen LogP contribution < -0.4 is 5.32 Å². The molecule has 1 heterocycles. The number of carbonyl (C=O) groups is 1. The topological polar surface area (TPSA) is 29.1 Å². The molecule has 1 aliphatic heterocycles. The highest BCUT2D eigenvalue weighted by atomic mass is 79.9. The molecule has 1 N–H and O–H groups in total. The van der Waals surface area contributed by atoms with Gasteiger partial charge in [-0.15, -0.1) is 0 Å². The molecule has 108 valence electrons. The van der Waals surface area contributed by atoms with E-state index in [1.54, 1.807) is 0 Å². The molecule has 0 radical (unpaired) electrons. The maximum Gasteiger partial charge on any atom is 0.224 e. The van der Waals surface area contributed by atoms with E-state index in [-0.39, 0.29) is 10.7 Å². The van der Waals surface area contributed by atoms with Gasteiger partial charge in [-0.25, -0.2) is 0 Å². The summed E-state index contributed by atoms with van der Waals surface area (Å²) in [5, 5.41) is 2.93. The van der Waals surface area contributed by atoms with Crippen LogP contribution in [0.15, 0.2) is 36.4 Å². The number of aryl methyl sites for hydroxylation is 2. The van der Waals surface area contributed by atoms with Crippen LogP contribution >= 0.6 is 15.9 Å². The quantitative estimate of drug-likeness (QED) is 0.788. The summed E-state index contributed by atoms with van der Waals surface area (Å²) >= 11 is 3.83. The average molecular weight is 344 g/mol. The first-order valence-electron chi connectivity index (χ1n) is 7.19. The highest BCUT2D eigenvalue weighted by molar-refractivity contribution is 9.09. The number of anilines is 1. The van der Waals surface area contributed by atoms with Crippen molar-refractivity contribution < 1.29 is 4.79 Å². The zero-order chi connectivity index (χ0) is 15.0. The highest BCUT2D eigenvalue weighted by Gasteiger charge is 2.18. The zero-order valence-electron chi connectivity index (χ0n) is 12.2. The molecule has 3 rings (SSSR count). The van der Waals surface area contributed by atoms with Crippen molar-refractivity contribution in [3.8, 4) is 0 Å². The van der Waals surface area contributed by atoms with E-state index in [9.17, 15) is 4.79 Å². The first kappa shape index (κ1) is 14.3. The second kappa shape index (κ2) is 5.64. The van der Waals surface area contributed by atoms with Crippen LogP contribution in [0.25, 0.3) is 0 Å². The van der Waals surface area contributed by atoms with Crippen molar-refractivity contribution in [3.63, 3.8) is 0 Å². The zero-order valence-corrected chi connectivity index (χ0v) is 13.8. The van der Waals surface area contributed by atoms with Gasteiger partial charge in [0.05, 0.1) is 4.83 Å². The van der Waals surface area contributed by atoms with E-state index < -0.39 is 0 Å². The summed E-state index contributed by atoms with van der Waals surface area (Å²) in [6.45, 7) is 4.30. The largest absolute Gasteiger partial charge is 0.326 e. The van der Waals surface area contributed by atoms with Crippen molar-refractivity contribution in [1.82, 2.24) is 0 Å². The van der Waals surface area contributed by atoms with E-state index in [1.807, 2.05) is 6.07 Å². The molecule has 0 saturated carbocycles. The second-order valence-electron chi connectivity index (χ2n) is 5.62. The third-order valence-corrected chi connectivity index (χ3v) is 5.26. The van der Waals surface area contributed by atoms with Gasteiger partial charge in [0.1, 0.15) is 0 Å². The molecule has 1 atom stereocenters. The van der Waals surface area contributed by atoms with Gasteiger partial charge in [-0.1, -0.05) is 46.3 Å². The Morgan fingerprint density at radius 3 is 2.76 bits per heavy atom. The van der Waals surface area contributed by atoms with E-state index in [4.69, 9.17) is 0 Å². The van der Waals surface area contributed by atoms with Gasteiger partial charge in [-0.3, -0.25) is 4.79 Å². The Labute approximate surface area is 133 Å². The number of nitrogens with one attached hydrogen (secondary N) is 1. The monoisotopic (exact) mass is 343 g/mol. The van der Waals surface area contributed by atoms with E-state index in [2.05, 4.69) is 65.4 Å². The fourth-order valence-electron chi connectivity index (χ4n) is 2.79. The lowest BCUT2D eigenvalue weighted by atomic mass is 9.94. The molecule has 3 heteroatoms. The predicted octanol–water partition coefficient (Wildman–Crippen LogP) is 4.67. The summed E-state index contributed by atoms with van der Waals surface area (Å²) in [4.78, 5) is 11.6. The number of hydrogen-bond acceptors (Lipinski definition) is 1. The van der Waals surface area contributed by atoms with Crippen molar-refractivity contribution in [3.05, 3.63) is 64.2 Å². The minimum atomic E-state index is 0.111. The Balaban J connectivity index is 1.97. The summed E-state index contributed by atoms with van der Waals surface area (Å²) in [5.41, 5.74) is 7.35. The third-order valence-electron chi connectivity index (χ3n) is 4.24. The van der Waals surface area contributed by atoms with E-state index in [0.717, 1.165) is 12.1 Å². The summed E-state index contributed by atoms with van der Waals surface area (Å²) in [6, 6.07) is 12.7. The number of carbonyl (C=O) groups excluding carboxylic acids is 1. The number of benzene rings is 2. The SMILES string of the molecule is Cc1cccc(C(Br)c2ccc3c(c2)CCC(=O)N3)c1C. The van der Waals surface area contributed by atoms with Crippen molar-refractivity contribution in [2.75, 3.05) is 5.32 Å². The average Bonchev–Trinajstić information content (AvgIpc) is 2.49. The minimum Gasteiger partial charge on any atom is -0.326 e. The van der Waals surface area contributed by atoms with Gasteiger partial charge in [0.2, 0.25) is 5.91 Å². The Morgan fingerprint density at radius 1 is 1.14 bits per heavy atom. The minimum absolute atomic E-state index is 0.111. The van der Waals surface area contributed by atoms with E-state index in [0.29, 0.717) is 6.42 Å². The van der Waals surface area contributed by atoms with E-state index >= 15 is 0 Å². The highest BCUT2D eigenvalue weighted by Crippen LogP contribution is 2.36. The molecule has 1 aliphatic rings. The van der Waals surface area contributed by atoms with Gasteiger partial charge >= 0.3 is 0 Å². The molecule has 2 aromatic carbocycles. The fourth-order valence-corrected chi connectivity index (χ4v) is 3.57. The first-order chi connectivity index (χ1) is 10.1. The molecular weight excluding hydrogens is 326 g/mol. The fraction of sp³-hybridized carbons (Fsp3) is 0.278. The standard InChI is InChI=1S/C18H18BrNO/c1-11-4-3-5-15(12(11)2)18(19)14-6-8-16-13(10-14)7-9-17(21)20-16/h3-6,8,10,18H,7,9H2,1-2H3,(H,20,21). The molecule has 0 bridgehead atoms. The normalized spacial score (nSPS) is 15.3. The molecule has 1 amide bonds. The Morgan fingerprint density at radius 2 is 1.95 bits per heavy atom. The summed E-state index contributed by atoms with van der Waals surface area (Å²) in [5.74, 6) is 0.111. The summed E-state index contributed by atoms with van der Waals surface area (Å²) in [6.07, 6.45) is 1.40. The second-order valence-corrected chi connectivity index (χ2v) is 6.53. The molecular formula is C18H18BrNO. The summed E-state index contributed by atoms with van der Waals surface area (Å²) < 4.78 is 0. The lowest BCUT2D eigenvalue weighted by Crippen LogP contribution is -2.19. The lowest BCUT2D eigenvalue weighted by Gasteiger charge is -2.20. The molecule has 1 unspecified atom stereocenters. The molecule has 2 nitrogen and oxygen atoms in total. The van der Waals surface area contributed by atoms with Crippen LogP contribution in [0, 0.1) is 13.8 Å². The number of fused-ring (bicyclic) bond motifs is 1. The molecule has 2 aromatic rings. The van der Waals surface area contributed by atoms with Gasteiger partial charge in [0, 0.05) is 12.1 Å². The number of alkyl halides is 1. The van der Waals surface area contributed by atoms with Crippen LogP contribution in [0.5, 0.6) is 0 Å². The van der Waals surface area contributed by atoms with Gasteiger partial charge in [-0.05, 0) is 54.2 Å². The van der Waals surface area contributed by atoms with Crippen molar-refractivity contribution in [1.29, 1.82) is 0 Å². The molecule has 0 fully saturated rings. The van der Waals surface area contributed by atoms with Crippen LogP contribution in [0.1, 0.15) is 39.1 Å². The third kappa shape index (κ3) is 2.75. The van der Waals surface area contributed by atoms with Crippen LogP contribution in [0.4, 0.5) is 5.69 Å². The Hall–Kier alpha value is -1.61. The van der Waals surface area contributed by atoms with Gasteiger partial charge in [-0.2, -0.15) is 0 Å². The maximum absolute atomic E-state index is 11.4. The van der Waals surface area contributed by atoms with E-state index in [1.165, 1.54) is 27.8 Å². The number of rotatable bonds is 2. The molecule has 0 spiro atoms.